The molecule has 2 atom stereocenters. The van der Waals surface area contributed by atoms with Gasteiger partial charge in [0.05, 0.1) is 23.9 Å². The maximum absolute atomic E-state index is 12.8. The minimum atomic E-state index is -2.53. The molecule has 0 aliphatic rings. The molecule has 20 heteroatoms. The molecule has 490 valence electrons. The second kappa shape index (κ2) is 61.2. The van der Waals surface area contributed by atoms with Crippen LogP contribution in [0.5, 0.6) is 0 Å². The van der Waals surface area contributed by atoms with E-state index < -0.39 is 70.7 Å². The molecular weight excluding hydrogens is 1150 g/mol. The van der Waals surface area contributed by atoms with Crippen LogP contribution in [0.25, 0.3) is 0 Å². The Bertz CT molecular complexity index is 1590. The molecule has 0 rings (SSSR count). The Morgan fingerprint density at radius 2 is 0.442 bits per heavy atom. The molecule has 0 spiro atoms. The fourth-order valence-electron chi connectivity index (χ4n) is 10.7. The first-order valence-electron chi connectivity index (χ1n) is 33.0. The van der Waals surface area contributed by atoms with Gasteiger partial charge in [-0.1, -0.05) is 260 Å². The predicted octanol–water partition coefficient (Wildman–Crippen LogP) is 7.56. The molecular formula is C66H115Al3O17. The van der Waals surface area contributed by atoms with Crippen LogP contribution < -0.4 is 30.6 Å². The van der Waals surface area contributed by atoms with E-state index >= 15 is 0 Å². The van der Waals surface area contributed by atoms with Gasteiger partial charge in [-0.25, -0.2) is 0 Å². The van der Waals surface area contributed by atoms with Gasteiger partial charge in [0, 0.05) is 48.8 Å². The van der Waals surface area contributed by atoms with Gasteiger partial charge in [-0.15, -0.1) is 0 Å². The molecule has 0 aromatic rings. The van der Waals surface area contributed by atoms with Crippen LogP contribution in [0.1, 0.15) is 332 Å². The molecule has 0 fully saturated rings. The molecule has 86 heavy (non-hydrogen) atoms. The fraction of sp³-hybridized carbons (Fsp3) is 0.864. The van der Waals surface area contributed by atoms with Gasteiger partial charge in [0.25, 0.3) is 0 Å². The molecule has 0 amide bonds. The Kier molecular flexibility index (Phi) is 65.5. The third-order valence-corrected chi connectivity index (χ3v) is 15.3. The van der Waals surface area contributed by atoms with Gasteiger partial charge in [0.15, 0.2) is 0 Å². The monoisotopic (exact) mass is 1260 g/mol. The van der Waals surface area contributed by atoms with Gasteiger partial charge < -0.3 is 68.9 Å². The van der Waals surface area contributed by atoms with Crippen molar-refractivity contribution >= 4 is 98.6 Å². The first-order valence-corrected chi connectivity index (χ1v) is 34.7. The van der Waals surface area contributed by atoms with E-state index in [4.69, 9.17) is 9.47 Å². The number of carbonyl (C=O) groups excluding carboxylic acids is 9. The minimum absolute atomic E-state index is 0.0197. The summed E-state index contributed by atoms with van der Waals surface area (Å²) >= 11 is 6.06. The summed E-state index contributed by atoms with van der Waals surface area (Å²) in [4.78, 5) is 103. The number of aliphatic carboxylic acids is 6. The third-order valence-electron chi connectivity index (χ3n) is 15.3. The van der Waals surface area contributed by atoms with Crippen molar-refractivity contribution in [2.24, 2.45) is 10.8 Å². The molecule has 0 aromatic heterocycles. The van der Waals surface area contributed by atoms with Gasteiger partial charge in [0.1, 0.15) is 11.2 Å². The van der Waals surface area contributed by atoms with Crippen LogP contribution >= 0.6 is 0 Å². The van der Waals surface area contributed by atoms with Crippen molar-refractivity contribution in [1.29, 1.82) is 0 Å². The molecule has 0 aliphatic heterocycles. The Labute approximate surface area is 545 Å². The molecule has 0 bridgehead atoms. The van der Waals surface area contributed by atoms with Crippen molar-refractivity contribution in [2.75, 3.05) is 13.2 Å². The van der Waals surface area contributed by atoms with Crippen molar-refractivity contribution in [1.82, 2.24) is 0 Å². The third kappa shape index (κ3) is 47.3. The van der Waals surface area contributed by atoms with E-state index in [0.717, 1.165) is 193 Å². The SMILES string of the molecule is CCCCCCCCOC(CC(=O)[O-])(C(=O)[O-])C(CCCCCCCC)(CCCCCCCC)C(=O)[O-].CCCCCCCCOC(CC(=O)[O-])(C(=O)[O-])C(CCCCCCCC)(CCCCCCCC)C(=O)[O-].C[C](=O)[Al+2].C[C](=O)[Al+2].C[C](=O)[Al+2]. The number of hydrogen-bond donors (Lipinski definition) is 0. The predicted molar refractivity (Wildman–Crippen MR) is 330 cm³/mol. The number of hydrogen-bond acceptors (Lipinski definition) is 17. The first kappa shape index (κ1) is 92.1. The molecule has 0 N–H and O–H groups in total. The molecule has 0 radical (unpaired) electrons. The molecule has 0 saturated carbocycles. The average molecular weight is 1260 g/mol. The van der Waals surface area contributed by atoms with Crippen LogP contribution in [-0.4, -0.2) is 123 Å². The Hall–Kier alpha value is -2.65. The van der Waals surface area contributed by atoms with Crippen LogP contribution in [0.2, 0.25) is 0 Å². The Morgan fingerprint density at radius 1 is 0.279 bits per heavy atom. The number of carbonyl (C=O) groups is 9. The summed E-state index contributed by atoms with van der Waals surface area (Å²) in [5.74, 6) is -10.1. The van der Waals surface area contributed by atoms with Gasteiger partial charge in [-0.3, -0.25) is 0 Å². The molecule has 0 saturated heterocycles. The van der Waals surface area contributed by atoms with E-state index in [1.165, 1.54) is 20.8 Å². The zero-order valence-corrected chi connectivity index (χ0v) is 58.7. The normalized spacial score (nSPS) is 12.5. The van der Waals surface area contributed by atoms with Gasteiger partial charge in [-0.05, 0) is 38.5 Å². The summed E-state index contributed by atoms with van der Waals surface area (Å²) in [6.45, 7) is 17.0. The van der Waals surface area contributed by atoms with Gasteiger partial charge >= 0.3 is 98.0 Å². The van der Waals surface area contributed by atoms with E-state index in [-0.39, 0.29) is 52.8 Å². The average Bonchev–Trinajstić information content (AvgIpc) is 0.887. The molecule has 0 aromatic carbocycles. The van der Waals surface area contributed by atoms with Crippen LogP contribution in [0.15, 0.2) is 0 Å². The Balaban J connectivity index is -0.000000426. The van der Waals surface area contributed by atoms with E-state index in [9.17, 15) is 73.8 Å². The van der Waals surface area contributed by atoms with Crippen molar-refractivity contribution in [2.45, 2.75) is 343 Å². The number of carboxylic acids is 6. The van der Waals surface area contributed by atoms with Crippen molar-refractivity contribution in [3.8, 4) is 0 Å². The summed E-state index contributed by atoms with van der Waals surface area (Å²) in [6.07, 6.45) is 29.9. The van der Waals surface area contributed by atoms with Crippen molar-refractivity contribution in [3.63, 3.8) is 0 Å². The second-order valence-electron chi connectivity index (χ2n) is 23.2. The van der Waals surface area contributed by atoms with E-state index in [1.54, 1.807) is 0 Å². The first-order chi connectivity index (χ1) is 40.7. The van der Waals surface area contributed by atoms with Crippen molar-refractivity contribution in [3.05, 3.63) is 0 Å². The number of carboxylic acid groups (broad SMARTS) is 6. The standard InChI is InChI=1S/2C30H56O7.3C2H3O.3Al/c2*1-4-7-10-13-16-19-22-29(27(33)34,23-20-17-14-11-8-5-2)30(28(35)36,25-26(31)32)37-24-21-18-15-12-9-6-3;3*1-2-3;;;/h2*4-25H2,1-3H3,(H,31,32)(H,33,34)(H,35,36);3*1H3;;;/q;;;;;3*+2/p-6. The summed E-state index contributed by atoms with van der Waals surface area (Å²) < 4.78 is 11.9. The van der Waals surface area contributed by atoms with Crippen LogP contribution in [0.3, 0.4) is 0 Å². The van der Waals surface area contributed by atoms with E-state index in [0.29, 0.717) is 38.5 Å². The van der Waals surface area contributed by atoms with Crippen LogP contribution in [0.4, 0.5) is 0 Å². The van der Waals surface area contributed by atoms with Gasteiger partial charge in [0.2, 0.25) is 0 Å². The quantitative estimate of drug-likeness (QED) is 0.0419. The summed E-state index contributed by atoms with van der Waals surface area (Å²) in [5.41, 5.74) is -9.05. The zero-order valence-electron chi connectivity index (χ0n) is 55.3. The summed E-state index contributed by atoms with van der Waals surface area (Å²) in [5, 5.41) is 74.5. The summed E-state index contributed by atoms with van der Waals surface area (Å²) in [7, 11) is 0. The summed E-state index contributed by atoms with van der Waals surface area (Å²) in [6, 6.07) is 0. The number of rotatable bonds is 54. The van der Waals surface area contributed by atoms with E-state index in [1.807, 2.05) is 48.9 Å². The maximum atomic E-state index is 12.8. The Morgan fingerprint density at radius 3 is 0.593 bits per heavy atom. The number of ether oxygens (including phenoxy) is 2. The van der Waals surface area contributed by atoms with Crippen LogP contribution in [0, 0.1) is 10.8 Å². The number of unbranched alkanes of at least 4 members (excludes halogenated alkanes) is 30. The van der Waals surface area contributed by atoms with Crippen molar-refractivity contribution < 1.29 is 83.3 Å². The topological polar surface area (TPSA) is 310 Å². The molecule has 2 unspecified atom stereocenters. The van der Waals surface area contributed by atoms with Crippen LogP contribution in [-0.2, 0) is 52.6 Å². The van der Waals surface area contributed by atoms with E-state index in [2.05, 4.69) is 41.5 Å². The molecule has 17 nitrogen and oxygen atoms in total. The molecule has 0 heterocycles. The van der Waals surface area contributed by atoms with Gasteiger partial charge in [-0.2, -0.15) is 0 Å². The fourth-order valence-corrected chi connectivity index (χ4v) is 10.7. The molecule has 0 aliphatic carbocycles. The second-order valence-corrected chi connectivity index (χ2v) is 25.6. The zero-order chi connectivity index (χ0) is 66.7.